The van der Waals surface area contributed by atoms with E-state index in [1.54, 1.807) is 12.1 Å². The van der Waals surface area contributed by atoms with Crippen LogP contribution in [-0.2, 0) is 19.6 Å². The lowest BCUT2D eigenvalue weighted by Gasteiger charge is -2.09. The Kier molecular flexibility index (Phi) is 8.13. The largest absolute Gasteiger partial charge is 0.452 e. The predicted octanol–water partition coefficient (Wildman–Crippen LogP) is 2.42. The summed E-state index contributed by atoms with van der Waals surface area (Å²) in [6.07, 6.45) is 1.44. The summed E-state index contributed by atoms with van der Waals surface area (Å²) >= 11 is 3.24. The van der Waals surface area contributed by atoms with E-state index in [9.17, 15) is 22.8 Å². The van der Waals surface area contributed by atoms with Crippen molar-refractivity contribution in [3.8, 4) is 0 Å². The van der Waals surface area contributed by atoms with E-state index in [-0.39, 0.29) is 22.7 Å². The topological polar surface area (TPSA) is 131 Å². The summed E-state index contributed by atoms with van der Waals surface area (Å²) in [7, 11) is -3.79. The van der Waals surface area contributed by atoms with Crippen LogP contribution in [0, 0.1) is 0 Å². The van der Waals surface area contributed by atoms with Gasteiger partial charge in [0.25, 0.3) is 15.9 Å². The number of carbonyl (C=O) groups excluding carboxylic acids is 3. The standard InChI is InChI=1S/C19H18BrN3O6S/c1-2-11-21-19(26)22-17(24)12-29-18(25)13-3-7-15(8-4-13)23-30(27,28)16-9-5-14(20)6-10-16/h2-10,23H,1,11-12H2,(H2,21,22,24,26). The first-order valence-corrected chi connectivity index (χ1v) is 10.7. The number of anilines is 1. The molecule has 0 saturated carbocycles. The molecule has 2 aromatic carbocycles. The molecule has 11 heteroatoms. The molecule has 30 heavy (non-hydrogen) atoms. The fourth-order valence-electron chi connectivity index (χ4n) is 2.09. The highest BCUT2D eigenvalue weighted by atomic mass is 79.9. The Morgan fingerprint density at radius 3 is 2.27 bits per heavy atom. The molecule has 3 N–H and O–H groups in total. The molecule has 0 aromatic heterocycles. The van der Waals surface area contributed by atoms with Gasteiger partial charge < -0.3 is 10.1 Å². The van der Waals surface area contributed by atoms with Crippen molar-refractivity contribution in [3.05, 3.63) is 71.2 Å². The number of halogens is 1. The van der Waals surface area contributed by atoms with Gasteiger partial charge in [0.15, 0.2) is 6.61 Å². The van der Waals surface area contributed by atoms with Crippen molar-refractivity contribution in [3.63, 3.8) is 0 Å². The van der Waals surface area contributed by atoms with Crippen LogP contribution in [0.4, 0.5) is 10.5 Å². The van der Waals surface area contributed by atoms with Gasteiger partial charge >= 0.3 is 12.0 Å². The van der Waals surface area contributed by atoms with Crippen molar-refractivity contribution in [2.75, 3.05) is 17.9 Å². The average Bonchev–Trinajstić information content (AvgIpc) is 2.71. The molecular weight excluding hydrogens is 478 g/mol. The Bertz CT molecular complexity index is 1040. The first-order chi connectivity index (χ1) is 14.2. The maximum Gasteiger partial charge on any atom is 0.338 e. The summed E-state index contributed by atoms with van der Waals surface area (Å²) in [5.41, 5.74) is 0.344. The molecular formula is C19H18BrN3O6S. The second kappa shape index (κ2) is 10.6. The lowest BCUT2D eigenvalue weighted by molar-refractivity contribution is -0.123. The molecule has 0 spiro atoms. The minimum absolute atomic E-state index is 0.0809. The Hall–Kier alpha value is -3.18. The van der Waals surface area contributed by atoms with Gasteiger partial charge in [0.1, 0.15) is 0 Å². The van der Waals surface area contributed by atoms with Crippen LogP contribution < -0.4 is 15.4 Å². The lowest BCUT2D eigenvalue weighted by atomic mass is 10.2. The fraction of sp³-hybridized carbons (Fsp3) is 0.105. The fourth-order valence-corrected chi connectivity index (χ4v) is 3.41. The van der Waals surface area contributed by atoms with E-state index in [1.807, 2.05) is 5.32 Å². The molecule has 2 rings (SSSR count). The number of hydrogen-bond acceptors (Lipinski definition) is 6. The Balaban J connectivity index is 1.91. The molecule has 158 valence electrons. The number of hydrogen-bond donors (Lipinski definition) is 3. The predicted molar refractivity (Wildman–Crippen MR) is 113 cm³/mol. The van der Waals surface area contributed by atoms with Crippen LogP contribution in [0.2, 0.25) is 0 Å². The van der Waals surface area contributed by atoms with E-state index in [2.05, 4.69) is 32.5 Å². The van der Waals surface area contributed by atoms with Crippen molar-refractivity contribution in [2.24, 2.45) is 0 Å². The number of benzene rings is 2. The molecule has 0 heterocycles. The van der Waals surface area contributed by atoms with E-state index in [0.29, 0.717) is 0 Å². The summed E-state index contributed by atoms with van der Waals surface area (Å²) in [6.45, 7) is 2.94. The average molecular weight is 496 g/mol. The van der Waals surface area contributed by atoms with Gasteiger partial charge in [0.05, 0.1) is 10.5 Å². The highest BCUT2D eigenvalue weighted by Gasteiger charge is 2.15. The quantitative estimate of drug-likeness (QED) is 0.380. The number of carbonyl (C=O) groups is 3. The van der Waals surface area contributed by atoms with Crippen molar-refractivity contribution < 1.29 is 27.5 Å². The molecule has 2 aromatic rings. The van der Waals surface area contributed by atoms with E-state index in [0.717, 1.165) is 4.47 Å². The van der Waals surface area contributed by atoms with E-state index in [4.69, 9.17) is 4.74 Å². The van der Waals surface area contributed by atoms with Crippen LogP contribution in [0.5, 0.6) is 0 Å². The number of rotatable bonds is 8. The van der Waals surface area contributed by atoms with Crippen molar-refractivity contribution in [1.82, 2.24) is 10.6 Å². The van der Waals surface area contributed by atoms with Crippen molar-refractivity contribution in [1.29, 1.82) is 0 Å². The summed E-state index contributed by atoms with van der Waals surface area (Å²) in [5, 5.41) is 4.32. The Morgan fingerprint density at radius 2 is 1.67 bits per heavy atom. The molecule has 0 radical (unpaired) electrons. The molecule has 0 aliphatic carbocycles. The molecule has 0 fully saturated rings. The smallest absolute Gasteiger partial charge is 0.338 e. The van der Waals surface area contributed by atoms with Crippen LogP contribution in [0.1, 0.15) is 10.4 Å². The zero-order valence-corrected chi connectivity index (χ0v) is 18.0. The van der Waals surface area contributed by atoms with Gasteiger partial charge in [-0.3, -0.25) is 14.8 Å². The minimum Gasteiger partial charge on any atom is -0.452 e. The summed E-state index contributed by atoms with van der Waals surface area (Å²) < 4.78 is 32.7. The number of amides is 3. The van der Waals surface area contributed by atoms with Crippen molar-refractivity contribution in [2.45, 2.75) is 4.90 Å². The molecule has 3 amide bonds. The number of sulfonamides is 1. The highest BCUT2D eigenvalue weighted by molar-refractivity contribution is 9.10. The van der Waals surface area contributed by atoms with E-state index in [1.165, 1.54) is 42.5 Å². The monoisotopic (exact) mass is 495 g/mol. The van der Waals surface area contributed by atoms with Gasteiger partial charge in [-0.1, -0.05) is 22.0 Å². The first kappa shape index (κ1) is 23.1. The van der Waals surface area contributed by atoms with Crippen LogP contribution in [0.3, 0.4) is 0 Å². The van der Waals surface area contributed by atoms with Gasteiger partial charge in [-0.15, -0.1) is 6.58 Å². The molecule has 0 bridgehead atoms. The van der Waals surface area contributed by atoms with E-state index >= 15 is 0 Å². The van der Waals surface area contributed by atoms with Crippen LogP contribution in [0.25, 0.3) is 0 Å². The van der Waals surface area contributed by atoms with Crippen LogP contribution >= 0.6 is 15.9 Å². The highest BCUT2D eigenvalue weighted by Crippen LogP contribution is 2.19. The van der Waals surface area contributed by atoms with Crippen LogP contribution in [-0.4, -0.2) is 39.5 Å². The molecule has 0 saturated heterocycles. The zero-order valence-electron chi connectivity index (χ0n) is 15.6. The molecule has 0 aliphatic heterocycles. The van der Waals surface area contributed by atoms with Crippen molar-refractivity contribution >= 4 is 49.5 Å². The molecule has 0 unspecified atom stereocenters. The van der Waals surface area contributed by atoms with E-state index < -0.39 is 34.5 Å². The Morgan fingerprint density at radius 1 is 1.03 bits per heavy atom. The van der Waals surface area contributed by atoms with Gasteiger partial charge in [0.2, 0.25) is 0 Å². The van der Waals surface area contributed by atoms with Gasteiger partial charge in [-0.25, -0.2) is 18.0 Å². The second-order valence-corrected chi connectivity index (χ2v) is 8.36. The van der Waals surface area contributed by atoms with Gasteiger partial charge in [0, 0.05) is 16.7 Å². The lowest BCUT2D eigenvalue weighted by Crippen LogP contribution is -2.41. The normalized spacial score (nSPS) is 10.6. The third-order valence-corrected chi connectivity index (χ3v) is 5.42. The maximum absolute atomic E-state index is 12.4. The minimum atomic E-state index is -3.79. The third-order valence-electron chi connectivity index (χ3n) is 3.49. The number of nitrogens with one attached hydrogen (secondary N) is 3. The second-order valence-electron chi connectivity index (χ2n) is 5.76. The molecule has 0 atom stereocenters. The van der Waals surface area contributed by atoms with Gasteiger partial charge in [-0.05, 0) is 48.5 Å². The molecule has 9 nitrogen and oxygen atoms in total. The van der Waals surface area contributed by atoms with Crippen LogP contribution in [0.15, 0.2) is 70.6 Å². The first-order valence-electron chi connectivity index (χ1n) is 8.45. The SMILES string of the molecule is C=CCNC(=O)NC(=O)COC(=O)c1ccc(NS(=O)(=O)c2ccc(Br)cc2)cc1. The number of ether oxygens (including phenoxy) is 1. The number of esters is 1. The number of urea groups is 1. The maximum atomic E-state index is 12.4. The third kappa shape index (κ3) is 7.01. The molecule has 0 aliphatic rings. The summed E-state index contributed by atoms with van der Waals surface area (Å²) in [5.74, 6) is -1.61. The summed E-state index contributed by atoms with van der Waals surface area (Å²) in [4.78, 5) is 35.0. The Labute approximate surface area is 181 Å². The summed E-state index contributed by atoms with van der Waals surface area (Å²) in [6, 6.07) is 10.8. The number of imide groups is 1. The zero-order chi connectivity index (χ0) is 22.1. The van der Waals surface area contributed by atoms with Gasteiger partial charge in [-0.2, -0.15) is 0 Å².